The number of nitrogens with one attached hydrogen (secondary N) is 2. The largest absolute Gasteiger partial charge is 0.495 e. The molecule has 0 aliphatic rings. The summed E-state index contributed by atoms with van der Waals surface area (Å²) in [6, 6.07) is 17.0. The molecule has 0 heterocycles. The molecule has 124 valence electrons. The predicted octanol–water partition coefficient (Wildman–Crippen LogP) is 1.61. The number of quaternary nitrogens is 1. The number of anilines is 1. The number of likely N-dealkylation sites (N-methyl/N-ethyl adjacent to an activating group) is 1. The maximum atomic E-state index is 12.3. The van der Waals surface area contributed by atoms with Crippen molar-refractivity contribution in [3.05, 3.63) is 59.7 Å². The van der Waals surface area contributed by atoms with Crippen LogP contribution in [0.3, 0.4) is 0 Å². The van der Waals surface area contributed by atoms with E-state index in [9.17, 15) is 10.1 Å². The van der Waals surface area contributed by atoms with Crippen molar-refractivity contribution < 1.29 is 14.4 Å². The lowest BCUT2D eigenvalue weighted by molar-refractivity contribution is -0.903. The van der Waals surface area contributed by atoms with Crippen LogP contribution in [0.1, 0.15) is 18.1 Å². The van der Waals surface area contributed by atoms with Crippen LogP contribution in [0.5, 0.6) is 5.75 Å². The third kappa shape index (κ3) is 4.58. The summed E-state index contributed by atoms with van der Waals surface area (Å²) in [4.78, 5) is 13.4. The number of nitriles is 1. The fraction of sp³-hybridized carbons (Fsp3) is 0.263. The summed E-state index contributed by atoms with van der Waals surface area (Å²) in [7, 11) is 1.58. The summed E-state index contributed by atoms with van der Waals surface area (Å²) >= 11 is 0. The Labute approximate surface area is 142 Å². The van der Waals surface area contributed by atoms with Crippen molar-refractivity contribution in [3.8, 4) is 11.8 Å². The van der Waals surface area contributed by atoms with Crippen LogP contribution in [-0.4, -0.2) is 26.1 Å². The van der Waals surface area contributed by atoms with Crippen molar-refractivity contribution >= 4 is 11.6 Å². The second-order valence-corrected chi connectivity index (χ2v) is 5.47. The van der Waals surface area contributed by atoms with Crippen LogP contribution in [0.25, 0.3) is 0 Å². The van der Waals surface area contributed by atoms with Crippen molar-refractivity contribution in [1.29, 1.82) is 5.26 Å². The summed E-state index contributed by atoms with van der Waals surface area (Å²) < 4.78 is 5.25. The molecule has 5 heteroatoms. The third-order valence-corrected chi connectivity index (χ3v) is 3.87. The molecule has 2 N–H and O–H groups in total. The second kappa shape index (κ2) is 8.70. The summed E-state index contributed by atoms with van der Waals surface area (Å²) in [5, 5.41) is 12.1. The fourth-order valence-electron chi connectivity index (χ4n) is 2.53. The molecule has 1 atom stereocenters. The number of ether oxygens (including phenoxy) is 1. The van der Waals surface area contributed by atoms with Crippen LogP contribution in [0, 0.1) is 11.3 Å². The molecule has 0 saturated carbocycles. The van der Waals surface area contributed by atoms with E-state index in [0.717, 1.165) is 17.0 Å². The number of carbonyl (C=O) groups is 1. The Balaban J connectivity index is 2.02. The highest BCUT2D eigenvalue weighted by Crippen LogP contribution is 2.22. The maximum Gasteiger partial charge on any atom is 0.279 e. The number of hydrogen-bond donors (Lipinski definition) is 2. The molecule has 1 amide bonds. The smallest absolute Gasteiger partial charge is 0.279 e. The van der Waals surface area contributed by atoms with Gasteiger partial charge < -0.3 is 15.0 Å². The number of carbonyl (C=O) groups excluding carboxylic acids is 1. The average molecular weight is 324 g/mol. The Morgan fingerprint density at radius 3 is 2.62 bits per heavy atom. The molecule has 0 spiro atoms. The molecule has 0 aliphatic carbocycles. The fourth-order valence-corrected chi connectivity index (χ4v) is 2.53. The number of benzene rings is 2. The SMILES string of the molecule is CC[NH+](CC(=O)Nc1ccccc1OC)Cc1ccccc1C#N. The molecule has 0 aromatic heterocycles. The molecule has 24 heavy (non-hydrogen) atoms. The Morgan fingerprint density at radius 1 is 1.21 bits per heavy atom. The molecule has 2 rings (SSSR count). The second-order valence-electron chi connectivity index (χ2n) is 5.47. The summed E-state index contributed by atoms with van der Waals surface area (Å²) in [6.07, 6.45) is 0. The van der Waals surface area contributed by atoms with E-state index in [1.807, 2.05) is 49.4 Å². The van der Waals surface area contributed by atoms with Crippen molar-refractivity contribution in [2.75, 3.05) is 25.5 Å². The van der Waals surface area contributed by atoms with E-state index in [4.69, 9.17) is 4.74 Å². The lowest BCUT2D eigenvalue weighted by Crippen LogP contribution is -3.11. The molecule has 0 aliphatic heterocycles. The highest BCUT2D eigenvalue weighted by Gasteiger charge is 2.16. The Hall–Kier alpha value is -2.84. The van der Waals surface area contributed by atoms with Crippen LogP contribution in [0.15, 0.2) is 48.5 Å². The van der Waals surface area contributed by atoms with Gasteiger partial charge in [-0.05, 0) is 25.1 Å². The van der Waals surface area contributed by atoms with E-state index in [1.54, 1.807) is 13.2 Å². The summed E-state index contributed by atoms with van der Waals surface area (Å²) in [5.74, 6) is 0.560. The minimum absolute atomic E-state index is 0.0780. The summed E-state index contributed by atoms with van der Waals surface area (Å²) in [5.41, 5.74) is 2.29. The standard InChI is InChI=1S/C19H21N3O2/c1-3-22(13-16-9-5-4-8-15(16)12-20)14-19(23)21-17-10-6-7-11-18(17)24-2/h4-11H,3,13-14H2,1-2H3,(H,21,23)/p+1. The Morgan fingerprint density at radius 2 is 1.92 bits per heavy atom. The molecule has 1 unspecified atom stereocenters. The van der Waals surface area contributed by atoms with Gasteiger partial charge in [0.25, 0.3) is 5.91 Å². The number of amides is 1. The zero-order chi connectivity index (χ0) is 17.4. The summed E-state index contributed by atoms with van der Waals surface area (Å²) in [6.45, 7) is 3.79. The lowest BCUT2D eigenvalue weighted by atomic mass is 10.1. The van der Waals surface area contributed by atoms with Gasteiger partial charge in [0.1, 0.15) is 12.3 Å². The third-order valence-electron chi connectivity index (χ3n) is 3.87. The van der Waals surface area contributed by atoms with E-state index in [2.05, 4.69) is 11.4 Å². The van der Waals surface area contributed by atoms with Gasteiger partial charge in [-0.3, -0.25) is 4.79 Å². The van der Waals surface area contributed by atoms with E-state index < -0.39 is 0 Å². The zero-order valence-electron chi connectivity index (χ0n) is 14.0. The van der Waals surface area contributed by atoms with Crippen LogP contribution in [0.4, 0.5) is 5.69 Å². The molecule has 2 aromatic carbocycles. The van der Waals surface area contributed by atoms with Gasteiger partial charge in [0.2, 0.25) is 0 Å². The van der Waals surface area contributed by atoms with Gasteiger partial charge in [0.15, 0.2) is 6.54 Å². The first-order chi connectivity index (χ1) is 11.7. The Kier molecular flexibility index (Phi) is 6.35. The maximum absolute atomic E-state index is 12.3. The first-order valence-electron chi connectivity index (χ1n) is 7.92. The minimum Gasteiger partial charge on any atom is -0.495 e. The highest BCUT2D eigenvalue weighted by molar-refractivity contribution is 5.92. The van der Waals surface area contributed by atoms with Gasteiger partial charge in [0.05, 0.1) is 31.0 Å². The van der Waals surface area contributed by atoms with Gasteiger partial charge in [0, 0.05) is 5.56 Å². The van der Waals surface area contributed by atoms with Crippen molar-refractivity contribution in [3.63, 3.8) is 0 Å². The van der Waals surface area contributed by atoms with E-state index >= 15 is 0 Å². The molecule has 0 radical (unpaired) electrons. The molecule has 2 aromatic rings. The van der Waals surface area contributed by atoms with Crippen molar-refractivity contribution in [2.24, 2.45) is 0 Å². The van der Waals surface area contributed by atoms with Gasteiger partial charge >= 0.3 is 0 Å². The molecule has 0 fully saturated rings. The minimum atomic E-state index is -0.0780. The molecule has 0 bridgehead atoms. The van der Waals surface area contributed by atoms with Gasteiger partial charge in [-0.25, -0.2) is 0 Å². The number of hydrogen-bond acceptors (Lipinski definition) is 3. The molecule has 0 saturated heterocycles. The normalized spacial score (nSPS) is 11.4. The topological polar surface area (TPSA) is 66.6 Å². The lowest BCUT2D eigenvalue weighted by Gasteiger charge is -2.18. The quantitative estimate of drug-likeness (QED) is 0.813. The number of nitrogens with zero attached hydrogens (tertiary/aromatic N) is 1. The van der Waals surface area contributed by atoms with Crippen molar-refractivity contribution in [1.82, 2.24) is 0 Å². The average Bonchev–Trinajstić information content (AvgIpc) is 2.62. The van der Waals surface area contributed by atoms with Crippen LogP contribution >= 0.6 is 0 Å². The molecular formula is C19H22N3O2+. The van der Waals surface area contributed by atoms with Crippen LogP contribution in [-0.2, 0) is 11.3 Å². The van der Waals surface area contributed by atoms with Crippen LogP contribution in [0.2, 0.25) is 0 Å². The Bertz CT molecular complexity index is 737. The van der Waals surface area contributed by atoms with Gasteiger partial charge in [-0.1, -0.05) is 30.3 Å². The first-order valence-corrected chi connectivity index (χ1v) is 7.92. The number of methoxy groups -OCH3 is 1. The number of para-hydroxylation sites is 2. The van der Waals surface area contributed by atoms with Crippen LogP contribution < -0.4 is 15.0 Å². The molecular weight excluding hydrogens is 302 g/mol. The van der Waals surface area contributed by atoms with E-state index in [-0.39, 0.29) is 5.91 Å². The number of rotatable bonds is 7. The van der Waals surface area contributed by atoms with Gasteiger partial charge in [-0.15, -0.1) is 0 Å². The van der Waals surface area contributed by atoms with E-state index in [1.165, 1.54) is 0 Å². The highest BCUT2D eigenvalue weighted by atomic mass is 16.5. The monoisotopic (exact) mass is 324 g/mol. The van der Waals surface area contributed by atoms with Crippen molar-refractivity contribution in [2.45, 2.75) is 13.5 Å². The first kappa shape index (κ1) is 17.5. The molecule has 5 nitrogen and oxygen atoms in total. The predicted molar refractivity (Wildman–Crippen MR) is 92.9 cm³/mol. The van der Waals surface area contributed by atoms with E-state index in [0.29, 0.717) is 30.1 Å². The zero-order valence-corrected chi connectivity index (χ0v) is 14.0. The van der Waals surface area contributed by atoms with Gasteiger partial charge in [-0.2, -0.15) is 5.26 Å².